The Morgan fingerprint density at radius 1 is 0.913 bits per heavy atom. The summed E-state index contributed by atoms with van der Waals surface area (Å²) in [5.41, 5.74) is 0. The van der Waals surface area contributed by atoms with Gasteiger partial charge in [-0.3, -0.25) is 4.79 Å². The normalized spacial score (nSPS) is 12.3. The molecule has 0 aromatic rings. The van der Waals surface area contributed by atoms with Crippen LogP contribution >= 0.6 is 0 Å². The van der Waals surface area contributed by atoms with Crippen molar-refractivity contribution in [2.24, 2.45) is 0 Å². The Morgan fingerprint density at radius 2 is 1.26 bits per heavy atom. The molecule has 0 radical (unpaired) electrons. The van der Waals surface area contributed by atoms with Crippen LogP contribution in [0.2, 0.25) is 25.2 Å². The largest absolute Gasteiger partial charge is 0.398 e. The van der Waals surface area contributed by atoms with Crippen molar-refractivity contribution in [1.29, 1.82) is 0 Å². The lowest BCUT2D eigenvalue weighted by molar-refractivity contribution is -0.126. The Labute approximate surface area is 143 Å². The molecule has 136 valence electrons. The van der Waals surface area contributed by atoms with Crippen LogP contribution in [0.25, 0.3) is 0 Å². The van der Waals surface area contributed by atoms with Crippen molar-refractivity contribution in [3.63, 3.8) is 0 Å². The standard InChI is InChI=1S/C15H33NO5Si2/c1-8-15(17)16(11-9-13-22(6,18-2)19-3)12-10-14-23(7,20-4)21-5/h8H,1,9-14H2,2-7H3. The first-order chi connectivity index (χ1) is 10.8. The molecule has 0 spiro atoms. The van der Waals surface area contributed by atoms with Crippen molar-refractivity contribution in [3.8, 4) is 0 Å². The predicted octanol–water partition coefficient (Wildman–Crippen LogP) is 2.51. The van der Waals surface area contributed by atoms with E-state index in [2.05, 4.69) is 6.58 Å². The molecular weight excluding hydrogens is 330 g/mol. The molecule has 0 unspecified atom stereocenters. The van der Waals surface area contributed by atoms with Gasteiger partial charge in [-0.05, 0) is 44.1 Å². The SMILES string of the molecule is C=CC(=O)N(CCC[Si](C)(OC)OC)CCC[Si](C)(OC)OC. The highest BCUT2D eigenvalue weighted by Gasteiger charge is 2.30. The van der Waals surface area contributed by atoms with Gasteiger partial charge in [0.15, 0.2) is 0 Å². The number of nitrogens with zero attached hydrogens (tertiary/aromatic N) is 1. The van der Waals surface area contributed by atoms with Crippen LogP contribution in [-0.2, 0) is 22.5 Å². The average molecular weight is 364 g/mol. The summed E-state index contributed by atoms with van der Waals surface area (Å²) in [5.74, 6) is -0.0404. The first-order valence-electron chi connectivity index (χ1n) is 7.91. The van der Waals surface area contributed by atoms with Gasteiger partial charge in [-0.15, -0.1) is 0 Å². The number of amides is 1. The van der Waals surface area contributed by atoms with Crippen LogP contribution < -0.4 is 0 Å². The second-order valence-corrected chi connectivity index (χ2v) is 13.0. The Balaban J connectivity index is 4.44. The van der Waals surface area contributed by atoms with Gasteiger partial charge in [-0.1, -0.05) is 6.58 Å². The zero-order valence-electron chi connectivity index (χ0n) is 15.5. The summed E-state index contributed by atoms with van der Waals surface area (Å²) >= 11 is 0. The second kappa shape index (κ2) is 11.1. The van der Waals surface area contributed by atoms with Crippen LogP contribution in [0.4, 0.5) is 0 Å². The molecule has 0 bridgehead atoms. The van der Waals surface area contributed by atoms with Gasteiger partial charge in [-0.25, -0.2) is 0 Å². The Hall–Kier alpha value is -0.516. The minimum absolute atomic E-state index is 0.0404. The Kier molecular flexibility index (Phi) is 10.9. The van der Waals surface area contributed by atoms with E-state index in [1.54, 1.807) is 28.4 Å². The van der Waals surface area contributed by atoms with Gasteiger partial charge in [0, 0.05) is 41.5 Å². The van der Waals surface area contributed by atoms with E-state index < -0.39 is 17.1 Å². The smallest absolute Gasteiger partial charge is 0.334 e. The van der Waals surface area contributed by atoms with E-state index >= 15 is 0 Å². The molecule has 0 aromatic heterocycles. The fourth-order valence-electron chi connectivity index (χ4n) is 2.22. The summed E-state index contributed by atoms with van der Waals surface area (Å²) in [6.45, 7) is 9.00. The minimum Gasteiger partial charge on any atom is -0.398 e. The maximum absolute atomic E-state index is 12.0. The number of hydrogen-bond acceptors (Lipinski definition) is 5. The monoisotopic (exact) mass is 363 g/mol. The second-order valence-electron chi connectivity index (χ2n) is 5.82. The molecular formula is C15H33NO5Si2. The van der Waals surface area contributed by atoms with E-state index in [4.69, 9.17) is 17.7 Å². The number of carbonyl (C=O) groups excluding carboxylic acids is 1. The van der Waals surface area contributed by atoms with Gasteiger partial charge in [0.2, 0.25) is 5.91 Å². The van der Waals surface area contributed by atoms with Crippen molar-refractivity contribution in [2.75, 3.05) is 41.5 Å². The maximum atomic E-state index is 12.0. The molecule has 0 atom stereocenters. The number of rotatable bonds is 13. The van der Waals surface area contributed by atoms with E-state index in [-0.39, 0.29) is 5.91 Å². The van der Waals surface area contributed by atoms with Gasteiger partial charge in [0.25, 0.3) is 0 Å². The van der Waals surface area contributed by atoms with Gasteiger partial charge in [0.1, 0.15) is 0 Å². The zero-order valence-corrected chi connectivity index (χ0v) is 17.5. The molecule has 0 saturated carbocycles. The molecule has 8 heteroatoms. The molecule has 0 rings (SSSR count). The zero-order chi connectivity index (χ0) is 17.9. The summed E-state index contributed by atoms with van der Waals surface area (Å²) in [6.07, 6.45) is 3.08. The van der Waals surface area contributed by atoms with Crippen LogP contribution in [0.5, 0.6) is 0 Å². The number of carbonyl (C=O) groups is 1. The van der Waals surface area contributed by atoms with Crippen LogP contribution in [0, 0.1) is 0 Å². The molecule has 0 N–H and O–H groups in total. The maximum Gasteiger partial charge on any atom is 0.334 e. The van der Waals surface area contributed by atoms with Crippen molar-refractivity contribution in [1.82, 2.24) is 4.90 Å². The highest BCUT2D eigenvalue weighted by molar-refractivity contribution is 6.66. The van der Waals surface area contributed by atoms with Crippen LogP contribution in [-0.4, -0.2) is 69.5 Å². The van der Waals surface area contributed by atoms with Gasteiger partial charge >= 0.3 is 17.1 Å². The lowest BCUT2D eigenvalue weighted by Gasteiger charge is -2.27. The third-order valence-electron chi connectivity index (χ3n) is 4.33. The molecule has 6 nitrogen and oxygen atoms in total. The summed E-state index contributed by atoms with van der Waals surface area (Å²) in [4.78, 5) is 13.8. The number of hydrogen-bond donors (Lipinski definition) is 0. The predicted molar refractivity (Wildman–Crippen MR) is 96.9 cm³/mol. The third-order valence-corrected chi connectivity index (χ3v) is 10.3. The summed E-state index contributed by atoms with van der Waals surface area (Å²) in [7, 11) is 2.58. The average Bonchev–Trinajstić information content (AvgIpc) is 2.59. The topological polar surface area (TPSA) is 57.2 Å². The van der Waals surface area contributed by atoms with Gasteiger partial charge in [-0.2, -0.15) is 0 Å². The van der Waals surface area contributed by atoms with E-state index in [1.807, 2.05) is 18.0 Å². The molecule has 0 aliphatic carbocycles. The lowest BCUT2D eigenvalue weighted by atomic mass is 10.3. The first kappa shape index (κ1) is 22.5. The van der Waals surface area contributed by atoms with E-state index in [9.17, 15) is 4.79 Å². The van der Waals surface area contributed by atoms with E-state index in [0.717, 1.165) is 24.9 Å². The highest BCUT2D eigenvalue weighted by Crippen LogP contribution is 2.16. The van der Waals surface area contributed by atoms with E-state index in [0.29, 0.717) is 13.1 Å². The summed E-state index contributed by atoms with van der Waals surface area (Å²) in [6, 6.07) is 1.70. The molecule has 0 heterocycles. The van der Waals surface area contributed by atoms with Crippen molar-refractivity contribution in [2.45, 2.75) is 38.0 Å². The highest BCUT2D eigenvalue weighted by atomic mass is 28.4. The molecule has 23 heavy (non-hydrogen) atoms. The van der Waals surface area contributed by atoms with Crippen molar-refractivity contribution < 1.29 is 22.5 Å². The quantitative estimate of drug-likeness (QED) is 0.372. The molecule has 1 amide bonds. The van der Waals surface area contributed by atoms with Crippen molar-refractivity contribution >= 4 is 23.0 Å². The fraction of sp³-hybridized carbons (Fsp3) is 0.800. The molecule has 0 fully saturated rings. The van der Waals surface area contributed by atoms with Crippen molar-refractivity contribution in [3.05, 3.63) is 12.7 Å². The van der Waals surface area contributed by atoms with E-state index in [1.165, 1.54) is 6.08 Å². The van der Waals surface area contributed by atoms with Crippen LogP contribution in [0.3, 0.4) is 0 Å². The van der Waals surface area contributed by atoms with Crippen LogP contribution in [0.15, 0.2) is 12.7 Å². The molecule has 0 aromatic carbocycles. The first-order valence-corrected chi connectivity index (χ1v) is 13.0. The third kappa shape index (κ3) is 8.23. The summed E-state index contributed by atoms with van der Waals surface area (Å²) in [5, 5.41) is 0. The Morgan fingerprint density at radius 3 is 1.52 bits per heavy atom. The Bertz CT molecular complexity index is 336. The molecule has 0 aliphatic heterocycles. The van der Waals surface area contributed by atoms with Crippen LogP contribution in [0.1, 0.15) is 12.8 Å². The lowest BCUT2D eigenvalue weighted by Crippen LogP contribution is -2.39. The molecule has 0 aliphatic rings. The summed E-state index contributed by atoms with van der Waals surface area (Å²) < 4.78 is 21.9. The minimum atomic E-state index is -2.08. The van der Waals surface area contributed by atoms with Gasteiger partial charge < -0.3 is 22.6 Å². The fourth-order valence-corrected chi connectivity index (χ4v) is 4.97. The van der Waals surface area contributed by atoms with Gasteiger partial charge in [0.05, 0.1) is 0 Å². The molecule has 0 saturated heterocycles.